The fourth-order valence-corrected chi connectivity index (χ4v) is 3.06. The van der Waals surface area contributed by atoms with E-state index in [-0.39, 0.29) is 23.6 Å². The summed E-state index contributed by atoms with van der Waals surface area (Å²) in [7, 11) is 2.88. The fraction of sp³-hybridized carbons (Fsp3) is 0.692. The Labute approximate surface area is 101 Å². The number of allylic oxidation sites excluding steroid dienone is 1. The molecule has 0 N–H and O–H groups in total. The molecule has 0 unspecified atom stereocenters. The maximum atomic E-state index is 11.9. The zero-order valence-electron chi connectivity index (χ0n) is 10.3. The minimum atomic E-state index is -0.395. The molecule has 1 fully saturated rings. The van der Waals surface area contributed by atoms with E-state index in [2.05, 4.69) is 0 Å². The molecule has 1 saturated carbocycles. The predicted octanol–water partition coefficient (Wildman–Crippen LogP) is 1.69. The molecule has 2 aliphatic carbocycles. The van der Waals surface area contributed by atoms with Crippen molar-refractivity contribution < 1.29 is 19.1 Å². The molecule has 0 saturated heterocycles. The lowest BCUT2D eigenvalue weighted by Crippen LogP contribution is -2.41. The van der Waals surface area contributed by atoms with Crippen LogP contribution in [0.1, 0.15) is 25.7 Å². The summed E-state index contributed by atoms with van der Waals surface area (Å²) in [6.07, 6.45) is 5.39. The van der Waals surface area contributed by atoms with Gasteiger partial charge in [-0.1, -0.05) is 12.8 Å². The highest BCUT2D eigenvalue weighted by molar-refractivity contribution is 5.95. The van der Waals surface area contributed by atoms with Crippen molar-refractivity contribution in [3.63, 3.8) is 0 Å². The van der Waals surface area contributed by atoms with Gasteiger partial charge in [-0.25, -0.2) is 0 Å². The van der Waals surface area contributed by atoms with Crippen LogP contribution < -0.4 is 0 Å². The van der Waals surface area contributed by atoms with Crippen LogP contribution in [-0.2, 0) is 19.1 Å². The molecule has 4 heteroatoms. The molecule has 0 aromatic carbocycles. The second-order valence-electron chi connectivity index (χ2n) is 4.71. The number of fused-ring (bicyclic) bond motifs is 1. The molecule has 0 radical (unpaired) electrons. The van der Waals surface area contributed by atoms with Crippen LogP contribution >= 0.6 is 0 Å². The fourth-order valence-electron chi connectivity index (χ4n) is 3.06. The van der Waals surface area contributed by atoms with Crippen LogP contribution in [0.25, 0.3) is 0 Å². The smallest absolute Gasteiger partial charge is 0.316 e. The molecule has 0 aromatic heterocycles. The van der Waals surface area contributed by atoms with Gasteiger partial charge in [0.2, 0.25) is 0 Å². The molecule has 0 amide bonds. The molecule has 0 heterocycles. The van der Waals surface area contributed by atoms with E-state index in [0.29, 0.717) is 5.76 Å². The van der Waals surface area contributed by atoms with Crippen molar-refractivity contribution in [2.45, 2.75) is 25.7 Å². The number of methoxy groups -OCH3 is 2. The Balaban J connectivity index is 2.34. The van der Waals surface area contributed by atoms with Gasteiger partial charge in [0.1, 0.15) is 11.7 Å². The van der Waals surface area contributed by atoms with Gasteiger partial charge in [-0.2, -0.15) is 0 Å². The number of esters is 1. The van der Waals surface area contributed by atoms with Gasteiger partial charge in [-0.05, 0) is 18.8 Å². The topological polar surface area (TPSA) is 52.6 Å². The van der Waals surface area contributed by atoms with Crippen molar-refractivity contribution >= 4 is 11.8 Å². The van der Waals surface area contributed by atoms with Crippen LogP contribution in [0.3, 0.4) is 0 Å². The SMILES string of the molecule is COC(=O)[C@@H]1C(OC)=CC(=O)[C@H]2CCCC[C@H]12. The number of rotatable bonds is 2. The van der Waals surface area contributed by atoms with E-state index < -0.39 is 5.92 Å². The normalized spacial score (nSPS) is 32.5. The average Bonchev–Trinajstić information content (AvgIpc) is 2.37. The van der Waals surface area contributed by atoms with Gasteiger partial charge < -0.3 is 9.47 Å². The number of hydrogen-bond donors (Lipinski definition) is 0. The van der Waals surface area contributed by atoms with Crippen LogP contribution in [0, 0.1) is 17.8 Å². The lowest BCUT2D eigenvalue weighted by molar-refractivity contribution is -0.150. The summed E-state index contributed by atoms with van der Waals surface area (Å²) in [4.78, 5) is 23.8. The predicted molar refractivity (Wildman–Crippen MR) is 61.1 cm³/mol. The van der Waals surface area contributed by atoms with Crippen molar-refractivity contribution in [2.75, 3.05) is 14.2 Å². The van der Waals surface area contributed by atoms with Crippen LogP contribution in [-0.4, -0.2) is 26.0 Å². The molecule has 0 bridgehead atoms. The summed E-state index contributed by atoms with van der Waals surface area (Å²) < 4.78 is 10.0. The van der Waals surface area contributed by atoms with E-state index in [4.69, 9.17) is 9.47 Å². The lowest BCUT2D eigenvalue weighted by atomic mass is 9.67. The minimum absolute atomic E-state index is 0.0215. The van der Waals surface area contributed by atoms with Gasteiger partial charge in [0.25, 0.3) is 0 Å². The summed E-state index contributed by atoms with van der Waals surface area (Å²) in [5.41, 5.74) is 0. The Bertz CT molecular complexity index is 358. The maximum absolute atomic E-state index is 11.9. The third-order valence-electron chi connectivity index (χ3n) is 3.89. The third kappa shape index (κ3) is 2.08. The van der Waals surface area contributed by atoms with Crippen molar-refractivity contribution in [2.24, 2.45) is 17.8 Å². The highest BCUT2D eigenvalue weighted by atomic mass is 16.5. The van der Waals surface area contributed by atoms with Gasteiger partial charge in [0.15, 0.2) is 5.78 Å². The third-order valence-corrected chi connectivity index (χ3v) is 3.89. The van der Waals surface area contributed by atoms with E-state index in [9.17, 15) is 9.59 Å². The second kappa shape index (κ2) is 4.90. The summed E-state index contributed by atoms with van der Waals surface area (Å²) in [6.45, 7) is 0. The second-order valence-corrected chi connectivity index (χ2v) is 4.71. The van der Waals surface area contributed by atoms with E-state index in [1.807, 2.05) is 0 Å². The van der Waals surface area contributed by atoms with Crippen LogP contribution in [0.4, 0.5) is 0 Å². The molecule has 94 valence electrons. The molecule has 4 nitrogen and oxygen atoms in total. The zero-order chi connectivity index (χ0) is 12.4. The molecule has 0 spiro atoms. The highest BCUT2D eigenvalue weighted by Crippen LogP contribution is 2.42. The van der Waals surface area contributed by atoms with Crippen LogP contribution in [0.15, 0.2) is 11.8 Å². The number of ketones is 1. The number of carbonyl (C=O) groups is 2. The Morgan fingerprint density at radius 2 is 2.00 bits per heavy atom. The summed E-state index contributed by atoms with van der Waals surface area (Å²) in [5, 5.41) is 0. The van der Waals surface area contributed by atoms with Crippen molar-refractivity contribution in [3.05, 3.63) is 11.8 Å². The standard InChI is InChI=1S/C13H18O4/c1-16-11-7-10(14)8-5-3-4-6-9(8)12(11)13(15)17-2/h7-9,12H,3-6H2,1-2H3/t8-,9-,12-/m0/s1. The van der Waals surface area contributed by atoms with Crippen LogP contribution in [0.5, 0.6) is 0 Å². The first-order valence-electron chi connectivity index (χ1n) is 6.06. The Hall–Kier alpha value is -1.32. The molecule has 3 atom stereocenters. The van der Waals surface area contributed by atoms with Gasteiger partial charge in [0.05, 0.1) is 14.2 Å². The monoisotopic (exact) mass is 238 g/mol. The Morgan fingerprint density at radius 3 is 2.65 bits per heavy atom. The van der Waals surface area contributed by atoms with Gasteiger partial charge >= 0.3 is 5.97 Å². The first-order valence-corrected chi connectivity index (χ1v) is 6.06. The summed E-state index contributed by atoms with van der Waals surface area (Å²) in [6, 6.07) is 0. The largest absolute Gasteiger partial charge is 0.500 e. The summed E-state index contributed by atoms with van der Waals surface area (Å²) in [5.74, 6) is -0.0809. The number of carbonyl (C=O) groups excluding carboxylic acids is 2. The van der Waals surface area contributed by atoms with Crippen molar-refractivity contribution in [1.29, 1.82) is 0 Å². The van der Waals surface area contributed by atoms with Gasteiger partial charge in [-0.3, -0.25) is 9.59 Å². The van der Waals surface area contributed by atoms with E-state index in [1.54, 1.807) is 0 Å². The van der Waals surface area contributed by atoms with Crippen molar-refractivity contribution in [1.82, 2.24) is 0 Å². The lowest BCUT2D eigenvalue weighted by Gasteiger charge is -2.38. The van der Waals surface area contributed by atoms with Crippen LogP contribution in [0.2, 0.25) is 0 Å². The van der Waals surface area contributed by atoms with Gasteiger partial charge in [0, 0.05) is 12.0 Å². The quantitative estimate of drug-likeness (QED) is 0.687. The Morgan fingerprint density at radius 1 is 1.29 bits per heavy atom. The van der Waals surface area contributed by atoms with E-state index in [0.717, 1.165) is 25.7 Å². The summed E-state index contributed by atoms with van der Waals surface area (Å²) >= 11 is 0. The molecule has 0 aliphatic heterocycles. The molecule has 2 aliphatic rings. The minimum Gasteiger partial charge on any atom is -0.500 e. The molecular weight excluding hydrogens is 220 g/mol. The molecule has 17 heavy (non-hydrogen) atoms. The first kappa shape index (κ1) is 12.1. The van der Waals surface area contributed by atoms with Crippen molar-refractivity contribution in [3.8, 4) is 0 Å². The molecular formula is C13H18O4. The zero-order valence-corrected chi connectivity index (χ0v) is 10.3. The Kier molecular flexibility index (Phi) is 3.50. The molecule has 2 rings (SSSR count). The number of ether oxygens (including phenoxy) is 2. The first-order chi connectivity index (χ1) is 8.19. The number of hydrogen-bond acceptors (Lipinski definition) is 4. The highest BCUT2D eigenvalue weighted by Gasteiger charge is 2.45. The van der Waals surface area contributed by atoms with Gasteiger partial charge in [-0.15, -0.1) is 0 Å². The maximum Gasteiger partial charge on any atom is 0.316 e. The average molecular weight is 238 g/mol. The van der Waals surface area contributed by atoms with E-state index in [1.165, 1.54) is 20.3 Å². The van der Waals surface area contributed by atoms with E-state index >= 15 is 0 Å². The molecule has 0 aromatic rings.